The summed E-state index contributed by atoms with van der Waals surface area (Å²) in [6, 6.07) is 7.29. The molecule has 2 aromatic rings. The molecule has 0 radical (unpaired) electrons. The van der Waals surface area contributed by atoms with Crippen molar-refractivity contribution in [1.29, 1.82) is 0 Å². The molecule has 2 amide bonds. The van der Waals surface area contributed by atoms with Crippen LogP contribution < -0.4 is 10.6 Å². The van der Waals surface area contributed by atoms with Gasteiger partial charge in [-0.25, -0.2) is 4.79 Å². The highest BCUT2D eigenvalue weighted by Crippen LogP contribution is 2.15. The van der Waals surface area contributed by atoms with E-state index in [2.05, 4.69) is 31.7 Å². The van der Waals surface area contributed by atoms with Crippen LogP contribution >= 0.6 is 15.9 Å². The number of benzene rings is 1. The topological polar surface area (TPSA) is 59.0 Å². The lowest BCUT2D eigenvalue weighted by atomic mass is 10.1. The van der Waals surface area contributed by atoms with Crippen molar-refractivity contribution in [3.63, 3.8) is 0 Å². The summed E-state index contributed by atoms with van der Waals surface area (Å²) in [5, 5.41) is 10.0. The number of nitrogens with zero attached hydrogens (tertiary/aromatic N) is 2. The van der Waals surface area contributed by atoms with Gasteiger partial charge in [0.25, 0.3) is 0 Å². The van der Waals surface area contributed by atoms with Gasteiger partial charge in [-0.15, -0.1) is 0 Å². The third-order valence-corrected chi connectivity index (χ3v) is 3.90. The fourth-order valence-electron chi connectivity index (χ4n) is 2.22. The highest BCUT2D eigenvalue weighted by molar-refractivity contribution is 9.10. The minimum absolute atomic E-state index is 0.202. The molecule has 0 spiro atoms. The zero-order valence-corrected chi connectivity index (χ0v) is 14.0. The standard InChI is InChI=1S/C15H19BrN4O/c1-10-14(11(2)20(3)19-10)7-8-17-15(21)18-13-6-4-5-12(16)9-13/h4-6,9H,7-8H2,1-3H3,(H2,17,18,21). The minimum Gasteiger partial charge on any atom is -0.338 e. The van der Waals surface area contributed by atoms with Gasteiger partial charge in [-0.2, -0.15) is 5.10 Å². The summed E-state index contributed by atoms with van der Waals surface area (Å²) < 4.78 is 2.80. The Morgan fingerprint density at radius 3 is 2.76 bits per heavy atom. The number of anilines is 1. The molecule has 112 valence electrons. The SMILES string of the molecule is Cc1nn(C)c(C)c1CCNC(=O)Nc1cccc(Br)c1. The number of hydrogen-bond acceptors (Lipinski definition) is 2. The largest absolute Gasteiger partial charge is 0.338 e. The van der Waals surface area contributed by atoms with Crippen LogP contribution in [-0.2, 0) is 13.5 Å². The molecular weight excluding hydrogens is 332 g/mol. The number of carbonyl (C=O) groups is 1. The molecule has 1 heterocycles. The van der Waals surface area contributed by atoms with Crippen LogP contribution in [0.5, 0.6) is 0 Å². The number of hydrogen-bond donors (Lipinski definition) is 2. The Morgan fingerprint density at radius 2 is 2.14 bits per heavy atom. The average Bonchev–Trinajstić information content (AvgIpc) is 2.65. The van der Waals surface area contributed by atoms with Gasteiger partial charge in [0.1, 0.15) is 0 Å². The number of amides is 2. The second-order valence-electron chi connectivity index (χ2n) is 4.91. The molecule has 5 nitrogen and oxygen atoms in total. The normalized spacial score (nSPS) is 10.5. The molecule has 2 rings (SSSR count). The molecule has 0 fully saturated rings. The second kappa shape index (κ2) is 6.76. The van der Waals surface area contributed by atoms with Gasteiger partial charge < -0.3 is 10.6 Å². The first-order valence-corrected chi connectivity index (χ1v) is 7.56. The number of aryl methyl sites for hydroxylation is 2. The maximum atomic E-state index is 11.8. The molecule has 6 heteroatoms. The van der Waals surface area contributed by atoms with Crippen LogP contribution in [0.3, 0.4) is 0 Å². The van der Waals surface area contributed by atoms with E-state index in [0.717, 1.165) is 28.0 Å². The maximum Gasteiger partial charge on any atom is 0.319 e. The molecule has 1 aromatic heterocycles. The monoisotopic (exact) mass is 350 g/mol. The Morgan fingerprint density at radius 1 is 1.38 bits per heavy atom. The zero-order valence-electron chi connectivity index (χ0n) is 12.4. The van der Waals surface area contributed by atoms with E-state index < -0.39 is 0 Å². The van der Waals surface area contributed by atoms with Crippen molar-refractivity contribution in [2.75, 3.05) is 11.9 Å². The lowest BCUT2D eigenvalue weighted by Crippen LogP contribution is -2.30. The van der Waals surface area contributed by atoms with E-state index in [0.29, 0.717) is 6.54 Å². The van der Waals surface area contributed by atoms with Crippen molar-refractivity contribution in [1.82, 2.24) is 15.1 Å². The lowest BCUT2D eigenvalue weighted by molar-refractivity contribution is 0.252. The molecule has 0 aliphatic carbocycles. The second-order valence-corrected chi connectivity index (χ2v) is 5.83. The average molecular weight is 351 g/mol. The van der Waals surface area contributed by atoms with E-state index in [4.69, 9.17) is 0 Å². The molecular formula is C15H19BrN4O. The molecule has 0 atom stereocenters. The van der Waals surface area contributed by atoms with Crippen molar-refractivity contribution in [3.05, 3.63) is 45.7 Å². The predicted molar refractivity (Wildman–Crippen MR) is 87.5 cm³/mol. The fraction of sp³-hybridized carbons (Fsp3) is 0.333. The third kappa shape index (κ3) is 4.07. The first kappa shape index (κ1) is 15.6. The minimum atomic E-state index is -0.202. The van der Waals surface area contributed by atoms with Crippen molar-refractivity contribution in [2.45, 2.75) is 20.3 Å². The van der Waals surface area contributed by atoms with E-state index in [-0.39, 0.29) is 6.03 Å². The Labute approximate surface area is 132 Å². The Bertz CT molecular complexity index is 651. The summed E-state index contributed by atoms with van der Waals surface area (Å²) in [7, 11) is 1.93. The molecule has 0 bridgehead atoms. The first-order valence-electron chi connectivity index (χ1n) is 6.77. The zero-order chi connectivity index (χ0) is 15.4. The van der Waals surface area contributed by atoms with Crippen LogP contribution in [0.25, 0.3) is 0 Å². The summed E-state index contributed by atoms with van der Waals surface area (Å²) in [4.78, 5) is 11.8. The molecule has 0 saturated heterocycles. The highest BCUT2D eigenvalue weighted by atomic mass is 79.9. The number of rotatable bonds is 4. The number of carbonyl (C=O) groups excluding carboxylic acids is 1. The number of aromatic nitrogens is 2. The number of halogens is 1. The van der Waals surface area contributed by atoms with Crippen molar-refractivity contribution in [2.24, 2.45) is 7.05 Å². The number of nitrogens with one attached hydrogen (secondary N) is 2. The lowest BCUT2D eigenvalue weighted by Gasteiger charge is -2.08. The molecule has 0 aliphatic heterocycles. The van der Waals surface area contributed by atoms with Gasteiger partial charge in [-0.05, 0) is 44.0 Å². The third-order valence-electron chi connectivity index (χ3n) is 3.40. The number of urea groups is 1. The summed E-state index contributed by atoms with van der Waals surface area (Å²) in [6.45, 7) is 4.61. The summed E-state index contributed by atoms with van der Waals surface area (Å²) in [5.41, 5.74) is 4.11. The molecule has 1 aromatic carbocycles. The molecule has 21 heavy (non-hydrogen) atoms. The van der Waals surface area contributed by atoms with E-state index >= 15 is 0 Å². The highest BCUT2D eigenvalue weighted by Gasteiger charge is 2.09. The Hall–Kier alpha value is -1.82. The smallest absolute Gasteiger partial charge is 0.319 e. The van der Waals surface area contributed by atoms with Gasteiger partial charge in [0.2, 0.25) is 0 Å². The predicted octanol–water partition coefficient (Wildman–Crippen LogP) is 3.16. The van der Waals surface area contributed by atoms with E-state index in [1.54, 1.807) is 0 Å². The van der Waals surface area contributed by atoms with Gasteiger partial charge in [-0.1, -0.05) is 22.0 Å². The van der Waals surface area contributed by atoms with Gasteiger partial charge >= 0.3 is 6.03 Å². The quantitative estimate of drug-likeness (QED) is 0.889. The van der Waals surface area contributed by atoms with Gasteiger partial charge in [0.05, 0.1) is 5.69 Å². The van der Waals surface area contributed by atoms with Gasteiger partial charge in [0, 0.05) is 29.4 Å². The summed E-state index contributed by atoms with van der Waals surface area (Å²) in [5.74, 6) is 0. The van der Waals surface area contributed by atoms with Gasteiger partial charge in [0.15, 0.2) is 0 Å². The Balaban J connectivity index is 1.84. The van der Waals surface area contributed by atoms with E-state index in [1.165, 1.54) is 5.56 Å². The molecule has 2 N–H and O–H groups in total. The van der Waals surface area contributed by atoms with Crippen LogP contribution in [0.2, 0.25) is 0 Å². The molecule has 0 unspecified atom stereocenters. The van der Waals surface area contributed by atoms with E-state index in [9.17, 15) is 4.79 Å². The van der Waals surface area contributed by atoms with Crippen LogP contribution in [0.4, 0.5) is 10.5 Å². The van der Waals surface area contributed by atoms with Crippen LogP contribution in [0, 0.1) is 13.8 Å². The molecule has 0 saturated carbocycles. The first-order chi connectivity index (χ1) is 9.97. The van der Waals surface area contributed by atoms with Crippen LogP contribution in [0.15, 0.2) is 28.7 Å². The van der Waals surface area contributed by atoms with E-state index in [1.807, 2.05) is 49.8 Å². The Kier molecular flexibility index (Phi) is 5.01. The van der Waals surface area contributed by atoms with Crippen LogP contribution in [0.1, 0.15) is 17.0 Å². The van der Waals surface area contributed by atoms with Crippen LogP contribution in [-0.4, -0.2) is 22.4 Å². The van der Waals surface area contributed by atoms with Gasteiger partial charge in [-0.3, -0.25) is 4.68 Å². The summed E-state index contributed by atoms with van der Waals surface area (Å²) >= 11 is 3.37. The van der Waals surface area contributed by atoms with Crippen molar-refractivity contribution >= 4 is 27.6 Å². The fourth-order valence-corrected chi connectivity index (χ4v) is 2.62. The molecule has 0 aliphatic rings. The van der Waals surface area contributed by atoms with Crippen molar-refractivity contribution in [3.8, 4) is 0 Å². The summed E-state index contributed by atoms with van der Waals surface area (Å²) in [6.07, 6.45) is 0.775. The van der Waals surface area contributed by atoms with Crippen molar-refractivity contribution < 1.29 is 4.79 Å². The maximum absolute atomic E-state index is 11.8.